The van der Waals surface area contributed by atoms with Crippen molar-refractivity contribution in [1.82, 2.24) is 0 Å². The van der Waals surface area contributed by atoms with Crippen molar-refractivity contribution in [3.05, 3.63) is 40.5 Å². The molecule has 2 N–H and O–H groups in total. The zero-order chi connectivity index (χ0) is 20.7. The first-order valence-electron chi connectivity index (χ1n) is 9.16. The molecule has 2 fully saturated rings. The third-order valence-corrected chi connectivity index (χ3v) is 5.71. The topological polar surface area (TPSA) is 136 Å². The molecule has 9 nitrogen and oxygen atoms in total. The summed E-state index contributed by atoms with van der Waals surface area (Å²) < 4.78 is 16.9. The van der Waals surface area contributed by atoms with E-state index in [1.165, 1.54) is 18.2 Å². The fourth-order valence-electron chi connectivity index (χ4n) is 4.56. The Labute approximate surface area is 163 Å². The number of phenolic OH excluding ortho intramolecular Hbond substituents is 1. The molecule has 1 aromatic carbocycles. The summed E-state index contributed by atoms with van der Waals surface area (Å²) in [5.41, 5.74) is -0.920. The molecule has 5 atom stereocenters. The molecule has 0 unspecified atom stereocenters. The van der Waals surface area contributed by atoms with Crippen molar-refractivity contribution in [3.63, 3.8) is 0 Å². The fourth-order valence-corrected chi connectivity index (χ4v) is 4.56. The quantitative estimate of drug-likeness (QED) is 0.586. The first-order chi connectivity index (χ1) is 13.7. The Hall–Kier alpha value is -2.88. The summed E-state index contributed by atoms with van der Waals surface area (Å²) in [7, 11) is 0. The van der Waals surface area contributed by atoms with Crippen molar-refractivity contribution >= 4 is 23.3 Å². The number of hydrogen-bond acceptors (Lipinski definition) is 9. The highest BCUT2D eigenvalue weighted by Crippen LogP contribution is 2.50. The second kappa shape index (κ2) is 5.82. The molecular weight excluding hydrogens is 384 g/mol. The van der Waals surface area contributed by atoms with E-state index < -0.39 is 64.8 Å². The number of carbonyl (C=O) groups is 4. The summed E-state index contributed by atoms with van der Waals surface area (Å²) in [5.74, 6) is -5.43. The van der Waals surface area contributed by atoms with Crippen LogP contribution in [-0.4, -0.2) is 63.7 Å². The van der Waals surface area contributed by atoms with E-state index in [9.17, 15) is 29.4 Å². The molecule has 0 amide bonds. The van der Waals surface area contributed by atoms with Crippen LogP contribution in [0.4, 0.5) is 0 Å². The number of phenols is 1. The summed E-state index contributed by atoms with van der Waals surface area (Å²) >= 11 is 0. The van der Waals surface area contributed by atoms with Crippen LogP contribution < -0.4 is 0 Å². The maximum atomic E-state index is 13.4. The molecule has 4 aliphatic rings. The average molecular weight is 400 g/mol. The van der Waals surface area contributed by atoms with Gasteiger partial charge >= 0.3 is 5.97 Å². The number of benzene rings is 1. The maximum Gasteiger partial charge on any atom is 0.309 e. The zero-order valence-corrected chi connectivity index (χ0v) is 15.2. The Bertz CT molecular complexity index is 1040. The Morgan fingerprint density at radius 3 is 2.59 bits per heavy atom. The van der Waals surface area contributed by atoms with Gasteiger partial charge < -0.3 is 24.4 Å². The van der Waals surface area contributed by atoms with Crippen LogP contribution in [0.1, 0.15) is 40.5 Å². The van der Waals surface area contributed by atoms with Crippen LogP contribution in [0, 0.1) is 0 Å². The lowest BCUT2D eigenvalue weighted by Gasteiger charge is -2.49. The molecular formula is C20H16O9. The van der Waals surface area contributed by atoms with E-state index in [1.807, 2.05) is 0 Å². The van der Waals surface area contributed by atoms with Crippen LogP contribution in [0.15, 0.2) is 29.3 Å². The van der Waals surface area contributed by atoms with Crippen LogP contribution in [0.2, 0.25) is 0 Å². The van der Waals surface area contributed by atoms with Crippen LogP contribution in [0.25, 0.3) is 0 Å². The number of ether oxygens (including phenoxy) is 3. The number of rotatable bonds is 0. The van der Waals surface area contributed by atoms with E-state index in [0.717, 1.165) is 0 Å². The number of aliphatic hydroxyl groups excluding tert-OH is 1. The molecule has 0 aromatic heterocycles. The van der Waals surface area contributed by atoms with Crippen molar-refractivity contribution in [2.45, 2.75) is 50.0 Å². The number of carbonyl (C=O) groups excluding carboxylic acids is 4. The van der Waals surface area contributed by atoms with Gasteiger partial charge in [0.15, 0.2) is 29.6 Å². The minimum absolute atomic E-state index is 0.0582. The fraction of sp³-hybridized carbons (Fsp3) is 0.400. The van der Waals surface area contributed by atoms with Gasteiger partial charge in [-0.05, 0) is 13.0 Å². The molecule has 9 heteroatoms. The zero-order valence-electron chi connectivity index (χ0n) is 15.2. The number of esters is 1. The van der Waals surface area contributed by atoms with Gasteiger partial charge in [-0.3, -0.25) is 19.2 Å². The molecule has 1 spiro atoms. The molecule has 3 aliphatic heterocycles. The largest absolute Gasteiger partial charge is 0.507 e. The highest BCUT2D eigenvalue weighted by molar-refractivity contribution is 6.29. The van der Waals surface area contributed by atoms with Crippen molar-refractivity contribution in [2.75, 3.05) is 0 Å². The minimum Gasteiger partial charge on any atom is -0.507 e. The summed E-state index contributed by atoms with van der Waals surface area (Å²) in [6, 6.07) is 4.03. The first-order valence-corrected chi connectivity index (χ1v) is 9.16. The monoisotopic (exact) mass is 400 g/mol. The molecule has 5 rings (SSSR count). The number of aliphatic hydroxyl groups is 1. The molecule has 0 saturated carbocycles. The predicted octanol–water partition coefficient (Wildman–Crippen LogP) is 0.217. The SMILES string of the molecule is C[C@@H]1CC(=O)[C@@H](O)[C@]2(O1)O[C@@H]1CC(=O)O[C@@H]1C1=C2C(=O)c2c(O)cccc2C1=O. The second-order valence-electron chi connectivity index (χ2n) is 7.59. The molecule has 3 heterocycles. The lowest BCUT2D eigenvalue weighted by Crippen LogP contribution is -2.65. The molecule has 0 radical (unpaired) electrons. The lowest BCUT2D eigenvalue weighted by molar-refractivity contribution is -0.305. The van der Waals surface area contributed by atoms with Crippen molar-refractivity contribution in [1.29, 1.82) is 0 Å². The number of aromatic hydroxyl groups is 1. The third kappa shape index (κ3) is 2.26. The van der Waals surface area contributed by atoms with Gasteiger partial charge in [0.05, 0.1) is 29.2 Å². The van der Waals surface area contributed by atoms with E-state index in [1.54, 1.807) is 6.92 Å². The highest BCUT2D eigenvalue weighted by Gasteiger charge is 2.64. The smallest absolute Gasteiger partial charge is 0.309 e. The Morgan fingerprint density at radius 1 is 1.07 bits per heavy atom. The maximum absolute atomic E-state index is 13.4. The Balaban J connectivity index is 1.81. The Morgan fingerprint density at radius 2 is 1.83 bits per heavy atom. The van der Waals surface area contributed by atoms with Crippen molar-refractivity contribution in [2.24, 2.45) is 0 Å². The van der Waals surface area contributed by atoms with Gasteiger partial charge in [-0.15, -0.1) is 0 Å². The molecule has 150 valence electrons. The van der Waals surface area contributed by atoms with Gasteiger partial charge in [0.2, 0.25) is 5.79 Å². The average Bonchev–Trinajstić information content (AvgIpc) is 3.02. The number of ketones is 3. The summed E-state index contributed by atoms with van der Waals surface area (Å²) in [6.45, 7) is 1.57. The van der Waals surface area contributed by atoms with Gasteiger partial charge in [-0.1, -0.05) is 12.1 Å². The first kappa shape index (κ1) is 18.2. The normalized spacial score (nSPS) is 36.1. The van der Waals surface area contributed by atoms with Gasteiger partial charge in [0, 0.05) is 12.0 Å². The molecule has 0 bridgehead atoms. The van der Waals surface area contributed by atoms with Gasteiger partial charge in [-0.2, -0.15) is 0 Å². The number of Topliss-reactive ketones (excluding diaryl/α,β-unsaturated/α-hetero) is 3. The molecule has 1 aromatic rings. The summed E-state index contributed by atoms with van der Waals surface area (Å²) in [6.07, 6.45) is -5.12. The molecule has 2 saturated heterocycles. The summed E-state index contributed by atoms with van der Waals surface area (Å²) in [4.78, 5) is 51.1. The van der Waals surface area contributed by atoms with Crippen LogP contribution in [-0.2, 0) is 23.8 Å². The van der Waals surface area contributed by atoms with E-state index in [4.69, 9.17) is 14.2 Å². The number of hydrogen-bond donors (Lipinski definition) is 2. The van der Waals surface area contributed by atoms with Crippen molar-refractivity contribution in [3.8, 4) is 5.75 Å². The minimum atomic E-state index is -2.26. The second-order valence-corrected chi connectivity index (χ2v) is 7.59. The number of fused-ring (bicyclic) bond motifs is 4. The van der Waals surface area contributed by atoms with Crippen LogP contribution >= 0.6 is 0 Å². The van der Waals surface area contributed by atoms with Gasteiger partial charge in [0.25, 0.3) is 0 Å². The third-order valence-electron chi connectivity index (χ3n) is 5.71. The van der Waals surface area contributed by atoms with E-state index in [0.29, 0.717) is 0 Å². The van der Waals surface area contributed by atoms with E-state index >= 15 is 0 Å². The van der Waals surface area contributed by atoms with E-state index in [2.05, 4.69) is 0 Å². The highest BCUT2D eigenvalue weighted by atomic mass is 16.7. The van der Waals surface area contributed by atoms with Gasteiger partial charge in [0.1, 0.15) is 11.9 Å². The Kier molecular flexibility index (Phi) is 3.64. The van der Waals surface area contributed by atoms with E-state index in [-0.39, 0.29) is 29.5 Å². The standard InChI is InChI=1S/C20H16O9/c1-7-5-10(22)19(26)20(28-7)15-14(18-11(29-20)6-12(23)27-18)16(24)8-3-2-4-9(21)13(8)17(15)25/h2-4,7,11,18-19,21,26H,5-6H2,1H3/t7-,11-,18+,19-,20-/m1/s1. The molecule has 29 heavy (non-hydrogen) atoms. The molecule has 1 aliphatic carbocycles. The predicted molar refractivity (Wildman–Crippen MR) is 92.1 cm³/mol. The summed E-state index contributed by atoms with van der Waals surface area (Å²) in [5, 5.41) is 21.0. The van der Waals surface area contributed by atoms with Crippen molar-refractivity contribution < 1.29 is 43.6 Å². The van der Waals surface area contributed by atoms with Crippen LogP contribution in [0.5, 0.6) is 5.75 Å². The van der Waals surface area contributed by atoms with Gasteiger partial charge in [-0.25, -0.2) is 0 Å². The lowest BCUT2D eigenvalue weighted by atomic mass is 9.73. The van der Waals surface area contributed by atoms with Crippen LogP contribution in [0.3, 0.4) is 0 Å².